The molecule has 10 heteroatoms. The highest BCUT2D eigenvalue weighted by Crippen LogP contribution is 2.51. The Balaban J connectivity index is 0.983. The van der Waals surface area contributed by atoms with Crippen LogP contribution in [0, 0.1) is 0 Å². The molecule has 6 nitrogen and oxygen atoms in total. The Morgan fingerprint density at radius 3 is 2.14 bits per heavy atom. The number of nitrogens with one attached hydrogen (secondary N) is 1. The number of benzene rings is 4. The molecule has 1 saturated heterocycles. The number of alkyl halides is 3. The Kier molecular flexibility index (Phi) is 9.93. The molecule has 1 fully saturated rings. The molecule has 0 aromatic heterocycles. The number of rotatable bonds is 10. The first-order valence-corrected chi connectivity index (χ1v) is 18.2. The van der Waals surface area contributed by atoms with Crippen LogP contribution in [0.1, 0.15) is 51.9 Å². The zero-order valence-corrected chi connectivity index (χ0v) is 28.7. The van der Waals surface area contributed by atoms with Crippen LogP contribution < -0.4 is 10.2 Å². The van der Waals surface area contributed by atoms with Crippen LogP contribution in [0.3, 0.4) is 0 Å². The fourth-order valence-corrected chi connectivity index (χ4v) is 8.89. The first-order valence-electron chi connectivity index (χ1n) is 17.4. The predicted molar refractivity (Wildman–Crippen MR) is 191 cm³/mol. The van der Waals surface area contributed by atoms with Crippen LogP contribution in [0.5, 0.6) is 0 Å². The Labute approximate surface area is 295 Å². The Morgan fingerprint density at radius 2 is 1.46 bits per heavy atom. The van der Waals surface area contributed by atoms with Crippen molar-refractivity contribution in [1.29, 1.82) is 0 Å². The molecule has 3 heterocycles. The van der Waals surface area contributed by atoms with Gasteiger partial charge in [-0.05, 0) is 72.3 Å². The van der Waals surface area contributed by atoms with Crippen molar-refractivity contribution in [3.05, 3.63) is 125 Å². The molecule has 4 aromatic rings. The van der Waals surface area contributed by atoms with Gasteiger partial charge in [0.2, 0.25) is 5.91 Å². The van der Waals surface area contributed by atoms with Crippen molar-refractivity contribution in [2.45, 2.75) is 53.6 Å². The maximum Gasteiger partial charge on any atom is 0.405 e. The predicted octanol–water partition coefficient (Wildman–Crippen LogP) is 7.31. The van der Waals surface area contributed by atoms with E-state index in [2.05, 4.69) is 45.4 Å². The van der Waals surface area contributed by atoms with Gasteiger partial charge in [-0.25, -0.2) is 0 Å². The maximum atomic E-state index is 13.9. The third-order valence-electron chi connectivity index (χ3n) is 10.2. The number of nitrogens with zero attached hydrogens (tertiary/aromatic N) is 3. The molecule has 3 aliphatic heterocycles. The third kappa shape index (κ3) is 7.14. The van der Waals surface area contributed by atoms with E-state index in [1.54, 1.807) is 11.8 Å². The smallest absolute Gasteiger partial charge is 0.369 e. The summed E-state index contributed by atoms with van der Waals surface area (Å²) in [6.45, 7) is 4.21. The molecule has 1 N–H and O–H groups in total. The van der Waals surface area contributed by atoms with Gasteiger partial charge in [0.25, 0.3) is 5.91 Å². The van der Waals surface area contributed by atoms with E-state index in [4.69, 9.17) is 0 Å². The number of unbranched alkanes of at least 4 members (excludes halogenated alkanes) is 1. The van der Waals surface area contributed by atoms with Crippen molar-refractivity contribution < 1.29 is 22.8 Å². The quantitative estimate of drug-likeness (QED) is 0.176. The summed E-state index contributed by atoms with van der Waals surface area (Å²) in [5, 5.41) is 2.25. The van der Waals surface area contributed by atoms with Crippen molar-refractivity contribution in [2.75, 3.05) is 50.7 Å². The molecule has 0 aliphatic carbocycles. The average Bonchev–Trinajstić information content (AvgIpc) is 3.13. The van der Waals surface area contributed by atoms with Crippen LogP contribution in [0.2, 0.25) is 0 Å². The number of piperazine rings is 1. The minimum Gasteiger partial charge on any atom is -0.369 e. The van der Waals surface area contributed by atoms with Gasteiger partial charge in [0.1, 0.15) is 12.0 Å². The molecule has 0 unspecified atom stereocenters. The summed E-state index contributed by atoms with van der Waals surface area (Å²) in [5.74, 6) is -0.516. The van der Waals surface area contributed by atoms with E-state index in [1.807, 2.05) is 71.6 Å². The van der Waals surface area contributed by atoms with Crippen LogP contribution >= 0.6 is 11.8 Å². The first kappa shape index (κ1) is 34.2. The van der Waals surface area contributed by atoms with Crippen LogP contribution in [0.15, 0.2) is 107 Å². The summed E-state index contributed by atoms with van der Waals surface area (Å²) in [6.07, 6.45) is -1.74. The van der Waals surface area contributed by atoms with Crippen molar-refractivity contribution in [2.24, 2.45) is 0 Å². The molecule has 0 radical (unpaired) electrons. The Hall–Kier alpha value is -4.28. The van der Waals surface area contributed by atoms with Gasteiger partial charge >= 0.3 is 6.18 Å². The second kappa shape index (κ2) is 14.5. The number of amides is 2. The molecule has 3 aliphatic rings. The van der Waals surface area contributed by atoms with Gasteiger partial charge in [0.05, 0.1) is 0 Å². The second-order valence-electron chi connectivity index (χ2n) is 13.4. The van der Waals surface area contributed by atoms with E-state index in [-0.39, 0.29) is 5.91 Å². The van der Waals surface area contributed by atoms with Crippen LogP contribution in [0.4, 0.5) is 18.9 Å². The molecule has 0 spiro atoms. The Morgan fingerprint density at radius 1 is 0.800 bits per heavy atom. The van der Waals surface area contributed by atoms with Gasteiger partial charge in [-0.1, -0.05) is 91.0 Å². The summed E-state index contributed by atoms with van der Waals surface area (Å²) in [4.78, 5) is 35.9. The molecule has 260 valence electrons. The lowest BCUT2D eigenvalue weighted by Crippen LogP contribution is -2.49. The minimum atomic E-state index is -4.50. The Bertz CT molecular complexity index is 1800. The maximum absolute atomic E-state index is 13.9. The molecule has 4 aromatic carbocycles. The molecule has 7 rings (SSSR count). The van der Waals surface area contributed by atoms with Gasteiger partial charge in [-0.3, -0.25) is 14.5 Å². The fraction of sp³-hybridized carbons (Fsp3) is 0.350. The third-order valence-corrected chi connectivity index (χ3v) is 11.4. The number of carbonyl (C=O) groups is 2. The number of hydrogen-bond acceptors (Lipinski definition) is 5. The minimum absolute atomic E-state index is 0.0854. The highest BCUT2D eigenvalue weighted by atomic mass is 32.2. The summed E-state index contributed by atoms with van der Waals surface area (Å²) < 4.78 is 39.9. The van der Waals surface area contributed by atoms with Crippen LogP contribution in [-0.4, -0.2) is 73.6 Å². The number of fused-ring (bicyclic) bond motifs is 3. The molecular formula is C40H41F3N4O2S. The van der Waals surface area contributed by atoms with E-state index in [0.29, 0.717) is 19.4 Å². The lowest BCUT2D eigenvalue weighted by atomic mass is 9.69. The topological polar surface area (TPSA) is 55.9 Å². The van der Waals surface area contributed by atoms with E-state index in [1.165, 1.54) is 0 Å². The van der Waals surface area contributed by atoms with Crippen molar-refractivity contribution in [1.82, 2.24) is 15.1 Å². The van der Waals surface area contributed by atoms with Crippen molar-refractivity contribution in [3.63, 3.8) is 0 Å². The summed E-state index contributed by atoms with van der Waals surface area (Å²) in [5.41, 5.74) is 4.43. The number of halogens is 3. The van der Waals surface area contributed by atoms with Gasteiger partial charge in [-0.2, -0.15) is 13.2 Å². The number of carbonyl (C=O) groups excluding carboxylic acids is 2. The van der Waals surface area contributed by atoms with Crippen LogP contribution in [-0.2, 0) is 23.2 Å². The summed E-state index contributed by atoms with van der Waals surface area (Å²) in [7, 11) is 0. The number of anilines is 1. The van der Waals surface area contributed by atoms with Gasteiger partial charge in [0.15, 0.2) is 0 Å². The van der Waals surface area contributed by atoms with E-state index in [9.17, 15) is 22.8 Å². The standard InChI is InChI=1S/C40H41F3N4O2S/c41-40(42,43)28-44-38(49)39(33-12-4-6-14-35(33)50-36-15-7-5-13-34(36)39)19-8-9-20-45-22-24-46(25-23-45)31-17-16-30-18-21-47(37(48)32(30)26-31)27-29-10-2-1-3-11-29/h1-7,10-17,26H,8-9,18-25,27-28H2,(H,44,49). The van der Waals surface area contributed by atoms with Gasteiger partial charge in [0, 0.05) is 60.3 Å². The molecular weight excluding hydrogens is 658 g/mol. The molecule has 0 saturated carbocycles. The largest absolute Gasteiger partial charge is 0.405 e. The normalized spacial score (nSPS) is 17.1. The summed E-state index contributed by atoms with van der Waals surface area (Å²) >= 11 is 1.56. The zero-order valence-electron chi connectivity index (χ0n) is 27.9. The molecule has 0 atom stereocenters. The second-order valence-corrected chi connectivity index (χ2v) is 14.5. The van der Waals surface area contributed by atoms with Gasteiger partial charge < -0.3 is 15.1 Å². The highest BCUT2D eigenvalue weighted by Gasteiger charge is 2.47. The molecule has 2 amide bonds. The van der Waals surface area contributed by atoms with Crippen molar-refractivity contribution in [3.8, 4) is 0 Å². The monoisotopic (exact) mass is 698 g/mol. The SMILES string of the molecule is O=C1c2cc(N3CCN(CCCCC4(C(=O)NCC(F)(F)F)c5ccccc5Sc5ccccc54)CC3)ccc2CCN1Cc1ccccc1. The lowest BCUT2D eigenvalue weighted by Gasteiger charge is -2.40. The zero-order chi connectivity index (χ0) is 34.7. The van der Waals surface area contributed by atoms with Crippen LogP contribution in [0.25, 0.3) is 0 Å². The van der Waals surface area contributed by atoms with E-state index in [0.717, 1.165) is 95.4 Å². The highest BCUT2D eigenvalue weighted by molar-refractivity contribution is 7.99. The first-order chi connectivity index (χ1) is 24.2. The van der Waals surface area contributed by atoms with E-state index >= 15 is 0 Å². The fourth-order valence-electron chi connectivity index (χ4n) is 7.65. The van der Waals surface area contributed by atoms with Gasteiger partial charge in [-0.15, -0.1) is 0 Å². The lowest BCUT2D eigenvalue weighted by molar-refractivity contribution is -0.141. The van der Waals surface area contributed by atoms with Crippen molar-refractivity contribution >= 4 is 29.3 Å². The van der Waals surface area contributed by atoms with E-state index < -0.39 is 24.0 Å². The average molecular weight is 699 g/mol. The summed E-state index contributed by atoms with van der Waals surface area (Å²) in [6, 6.07) is 31.6. The molecule has 50 heavy (non-hydrogen) atoms. The molecule has 0 bridgehead atoms. The number of hydrogen-bond donors (Lipinski definition) is 1.